The number of ether oxygens (including phenoxy) is 1. The number of aliphatic carboxylic acids is 1. The minimum absolute atomic E-state index is 0.407. The van der Waals surface area contributed by atoms with Crippen molar-refractivity contribution in [3.63, 3.8) is 0 Å². The zero-order chi connectivity index (χ0) is 18.3. The van der Waals surface area contributed by atoms with Gasteiger partial charge >= 0.3 is 11.9 Å². The molecule has 4 heteroatoms. The van der Waals surface area contributed by atoms with E-state index >= 15 is 0 Å². The summed E-state index contributed by atoms with van der Waals surface area (Å²) in [7, 11) is 0. The molecule has 0 heterocycles. The molecule has 26 heavy (non-hydrogen) atoms. The lowest BCUT2D eigenvalue weighted by atomic mass is 9.64. The third kappa shape index (κ3) is 2.13. The Morgan fingerprint density at radius 1 is 0.962 bits per heavy atom. The van der Waals surface area contributed by atoms with Gasteiger partial charge in [-0.3, -0.25) is 9.59 Å². The number of carbonyl (C=O) groups excluding carboxylic acids is 1. The zero-order valence-electron chi connectivity index (χ0n) is 16.1. The Balaban J connectivity index is 1.34. The Bertz CT molecular complexity index is 632. The van der Waals surface area contributed by atoms with Crippen LogP contribution < -0.4 is 0 Å². The van der Waals surface area contributed by atoms with E-state index in [-0.39, 0.29) is 0 Å². The predicted molar refractivity (Wildman–Crippen MR) is 96.2 cm³/mol. The van der Waals surface area contributed by atoms with Gasteiger partial charge in [0.2, 0.25) is 0 Å². The molecule has 0 radical (unpaired) electrons. The SMILES string of the molecule is CC(C)(OC(=O)C1(C(=O)O)CCCC1)C1CC2CC1C1C3CCC(C3)C21. The summed E-state index contributed by atoms with van der Waals surface area (Å²) in [6.45, 7) is 4.09. The van der Waals surface area contributed by atoms with Crippen molar-refractivity contribution in [1.82, 2.24) is 0 Å². The maximum Gasteiger partial charge on any atom is 0.324 e. The van der Waals surface area contributed by atoms with Crippen LogP contribution in [0.1, 0.15) is 71.6 Å². The first-order valence-electron chi connectivity index (χ1n) is 10.8. The monoisotopic (exact) mass is 360 g/mol. The topological polar surface area (TPSA) is 63.6 Å². The molecule has 5 rings (SSSR count). The number of carbonyl (C=O) groups is 2. The Kier molecular flexibility index (Phi) is 3.60. The van der Waals surface area contributed by atoms with Crippen LogP contribution in [0, 0.1) is 46.8 Å². The van der Waals surface area contributed by atoms with E-state index in [4.69, 9.17) is 4.74 Å². The van der Waals surface area contributed by atoms with E-state index in [1.54, 1.807) is 0 Å². The molecule has 0 aromatic rings. The van der Waals surface area contributed by atoms with Gasteiger partial charge in [0.15, 0.2) is 5.41 Å². The molecule has 5 aliphatic rings. The van der Waals surface area contributed by atoms with Crippen molar-refractivity contribution < 1.29 is 19.4 Å². The highest BCUT2D eigenvalue weighted by atomic mass is 16.6. The molecule has 5 fully saturated rings. The van der Waals surface area contributed by atoms with Crippen LogP contribution in [0.25, 0.3) is 0 Å². The molecular formula is C22H32O4. The quantitative estimate of drug-likeness (QED) is 0.462. The van der Waals surface area contributed by atoms with E-state index in [0.717, 1.165) is 42.4 Å². The molecule has 144 valence electrons. The largest absolute Gasteiger partial charge is 0.480 e. The third-order valence-electron chi connectivity index (χ3n) is 9.24. The molecule has 7 atom stereocenters. The Morgan fingerprint density at radius 2 is 1.62 bits per heavy atom. The van der Waals surface area contributed by atoms with Crippen molar-refractivity contribution >= 4 is 11.9 Å². The van der Waals surface area contributed by atoms with Crippen molar-refractivity contribution in [1.29, 1.82) is 0 Å². The van der Waals surface area contributed by atoms with Crippen molar-refractivity contribution in [2.75, 3.05) is 0 Å². The van der Waals surface area contributed by atoms with Crippen molar-refractivity contribution in [2.45, 2.75) is 77.2 Å². The second kappa shape index (κ2) is 5.48. The number of hydrogen-bond acceptors (Lipinski definition) is 3. The maximum atomic E-state index is 12.9. The second-order valence-electron chi connectivity index (χ2n) is 10.6. The summed E-state index contributed by atoms with van der Waals surface area (Å²) < 4.78 is 6.03. The van der Waals surface area contributed by atoms with E-state index in [2.05, 4.69) is 0 Å². The fraction of sp³-hybridized carbons (Fsp3) is 0.909. The minimum atomic E-state index is -1.29. The predicted octanol–water partition coefficient (Wildman–Crippen LogP) is 4.27. The van der Waals surface area contributed by atoms with Crippen LogP contribution in [0.15, 0.2) is 0 Å². The number of carboxylic acids is 1. The first-order valence-corrected chi connectivity index (χ1v) is 10.8. The van der Waals surface area contributed by atoms with Crippen LogP contribution in [0.2, 0.25) is 0 Å². The summed E-state index contributed by atoms with van der Waals surface area (Å²) >= 11 is 0. The molecule has 0 aliphatic heterocycles. The standard InChI is InChI=1S/C22H32O4/c1-21(2,26-20(25)22(19(23)24)7-3-4-8-22)16-11-14-10-15(16)18-13-6-5-12(9-13)17(14)18/h12-18H,3-11H2,1-2H3,(H,23,24). The van der Waals surface area contributed by atoms with Crippen molar-refractivity contribution in [3.05, 3.63) is 0 Å². The molecular weight excluding hydrogens is 328 g/mol. The average Bonchev–Trinajstić information content (AvgIpc) is 3.39. The summed E-state index contributed by atoms with van der Waals surface area (Å²) in [5, 5.41) is 9.70. The van der Waals surface area contributed by atoms with Gasteiger partial charge in [-0.05, 0) is 94.3 Å². The van der Waals surface area contributed by atoms with Crippen LogP contribution in [0.4, 0.5) is 0 Å². The van der Waals surface area contributed by atoms with E-state index in [9.17, 15) is 14.7 Å². The van der Waals surface area contributed by atoms with E-state index in [1.807, 2.05) is 13.8 Å². The number of esters is 1. The number of fused-ring (bicyclic) bond motifs is 9. The first kappa shape index (κ1) is 17.1. The summed E-state index contributed by atoms with van der Waals surface area (Å²) in [5.74, 6) is 4.14. The van der Waals surface area contributed by atoms with Crippen LogP contribution in [0.3, 0.4) is 0 Å². The summed E-state index contributed by atoms with van der Waals surface area (Å²) in [6, 6.07) is 0. The molecule has 0 aromatic heterocycles. The zero-order valence-corrected chi connectivity index (χ0v) is 16.1. The van der Waals surface area contributed by atoms with Crippen molar-refractivity contribution in [3.8, 4) is 0 Å². The van der Waals surface area contributed by atoms with E-state index < -0.39 is 23.0 Å². The number of rotatable bonds is 4. The van der Waals surface area contributed by atoms with Crippen LogP contribution in [-0.2, 0) is 14.3 Å². The molecule has 0 spiro atoms. The molecule has 1 N–H and O–H groups in total. The van der Waals surface area contributed by atoms with Gasteiger partial charge in [0, 0.05) is 5.92 Å². The maximum absolute atomic E-state index is 12.9. The number of carboxylic acid groups (broad SMARTS) is 1. The van der Waals surface area contributed by atoms with Gasteiger partial charge in [0.25, 0.3) is 0 Å². The second-order valence-corrected chi connectivity index (χ2v) is 10.6. The van der Waals surface area contributed by atoms with Gasteiger partial charge < -0.3 is 9.84 Å². The van der Waals surface area contributed by atoms with Gasteiger partial charge in [-0.25, -0.2) is 0 Å². The molecule has 0 aromatic carbocycles. The molecule has 4 nitrogen and oxygen atoms in total. The van der Waals surface area contributed by atoms with Crippen molar-refractivity contribution in [2.24, 2.45) is 46.8 Å². The highest BCUT2D eigenvalue weighted by molar-refractivity contribution is 5.99. The molecule has 0 amide bonds. The Hall–Kier alpha value is -1.06. The highest BCUT2D eigenvalue weighted by Crippen LogP contribution is 2.70. The van der Waals surface area contributed by atoms with Crippen LogP contribution in [0.5, 0.6) is 0 Å². The van der Waals surface area contributed by atoms with Gasteiger partial charge in [-0.15, -0.1) is 0 Å². The molecule has 5 saturated carbocycles. The molecule has 5 aliphatic carbocycles. The fourth-order valence-corrected chi connectivity index (χ4v) is 8.26. The minimum Gasteiger partial charge on any atom is -0.480 e. The van der Waals surface area contributed by atoms with Crippen LogP contribution in [-0.4, -0.2) is 22.6 Å². The molecule has 0 saturated heterocycles. The number of hydrogen-bond donors (Lipinski definition) is 1. The highest BCUT2D eigenvalue weighted by Gasteiger charge is 2.65. The normalized spacial score (nSPS) is 45.1. The van der Waals surface area contributed by atoms with Gasteiger partial charge in [0.1, 0.15) is 5.60 Å². The lowest BCUT2D eigenvalue weighted by Gasteiger charge is -2.45. The smallest absolute Gasteiger partial charge is 0.324 e. The fourth-order valence-electron chi connectivity index (χ4n) is 8.26. The summed E-state index contributed by atoms with van der Waals surface area (Å²) in [5.41, 5.74) is -1.84. The lowest BCUT2D eigenvalue weighted by molar-refractivity contribution is -0.184. The first-order chi connectivity index (χ1) is 12.3. The summed E-state index contributed by atoms with van der Waals surface area (Å²) in [4.78, 5) is 24.8. The lowest BCUT2D eigenvalue weighted by Crippen LogP contribution is -2.48. The van der Waals surface area contributed by atoms with E-state index in [0.29, 0.717) is 24.7 Å². The van der Waals surface area contributed by atoms with E-state index in [1.165, 1.54) is 32.1 Å². The summed E-state index contributed by atoms with van der Waals surface area (Å²) in [6.07, 6.45) is 9.27. The van der Waals surface area contributed by atoms with Crippen LogP contribution >= 0.6 is 0 Å². The molecule has 4 bridgehead atoms. The Morgan fingerprint density at radius 3 is 2.27 bits per heavy atom. The van der Waals surface area contributed by atoms with Gasteiger partial charge in [-0.2, -0.15) is 0 Å². The van der Waals surface area contributed by atoms with Gasteiger partial charge in [-0.1, -0.05) is 12.8 Å². The van der Waals surface area contributed by atoms with Gasteiger partial charge in [0.05, 0.1) is 0 Å². The molecule has 7 unspecified atom stereocenters. The third-order valence-corrected chi connectivity index (χ3v) is 9.24. The average molecular weight is 360 g/mol. The Labute approximate surface area is 156 Å².